The first kappa shape index (κ1) is 14.0. The fraction of sp³-hybridized carbons (Fsp3) is 0.118. The van der Waals surface area contributed by atoms with E-state index < -0.39 is 0 Å². The number of benzene rings is 2. The maximum Gasteiger partial charge on any atom is 0.147 e. The second-order valence-electron chi connectivity index (χ2n) is 4.81. The van der Waals surface area contributed by atoms with E-state index >= 15 is 0 Å². The molecule has 21 heavy (non-hydrogen) atoms. The second kappa shape index (κ2) is 5.82. The van der Waals surface area contributed by atoms with Gasteiger partial charge in [0.1, 0.15) is 5.82 Å². The highest BCUT2D eigenvalue weighted by Gasteiger charge is 2.07. The normalized spacial score (nSPS) is 10.8. The highest BCUT2D eigenvalue weighted by atomic mass is 79.9. The van der Waals surface area contributed by atoms with Gasteiger partial charge in [-0.15, -0.1) is 0 Å². The molecule has 2 aromatic carbocycles. The Morgan fingerprint density at radius 3 is 2.71 bits per heavy atom. The van der Waals surface area contributed by atoms with Gasteiger partial charge < -0.3 is 5.32 Å². The molecule has 0 unspecified atom stereocenters. The zero-order valence-corrected chi connectivity index (χ0v) is 13.1. The number of halogens is 2. The van der Waals surface area contributed by atoms with E-state index in [0.717, 1.165) is 27.5 Å². The van der Waals surface area contributed by atoms with Crippen molar-refractivity contribution in [3.8, 4) is 0 Å². The van der Waals surface area contributed by atoms with Crippen LogP contribution in [-0.4, -0.2) is 4.98 Å². The smallest absolute Gasteiger partial charge is 0.147 e. The van der Waals surface area contributed by atoms with Gasteiger partial charge in [-0.25, -0.2) is 4.39 Å². The Morgan fingerprint density at radius 1 is 1.10 bits per heavy atom. The molecule has 0 aliphatic carbocycles. The number of aryl methyl sites for hydroxylation is 1. The molecule has 4 heteroatoms. The minimum atomic E-state index is -0.291. The Balaban J connectivity index is 2.07. The van der Waals surface area contributed by atoms with Crippen molar-refractivity contribution in [2.75, 3.05) is 5.32 Å². The number of hydrogen-bond donors (Lipinski definition) is 1. The lowest BCUT2D eigenvalue weighted by atomic mass is 10.1. The largest absolute Gasteiger partial charge is 0.353 e. The third-order valence-electron chi connectivity index (χ3n) is 3.41. The van der Waals surface area contributed by atoms with Crippen LogP contribution in [0.25, 0.3) is 10.9 Å². The first-order valence-electron chi connectivity index (χ1n) is 6.77. The summed E-state index contributed by atoms with van der Waals surface area (Å²) in [6.07, 6.45) is 2.68. The molecule has 0 spiro atoms. The number of nitrogens with one attached hydrogen (secondary N) is 1. The van der Waals surface area contributed by atoms with E-state index in [2.05, 4.69) is 45.3 Å². The van der Waals surface area contributed by atoms with Crippen molar-refractivity contribution in [1.29, 1.82) is 0 Å². The van der Waals surface area contributed by atoms with Crippen LogP contribution in [0.4, 0.5) is 15.8 Å². The lowest BCUT2D eigenvalue weighted by Crippen LogP contribution is -1.96. The maximum atomic E-state index is 14.0. The van der Waals surface area contributed by atoms with Crippen LogP contribution in [0.1, 0.15) is 12.5 Å². The summed E-state index contributed by atoms with van der Waals surface area (Å²) in [5.41, 5.74) is 3.44. The second-order valence-corrected chi connectivity index (χ2v) is 5.73. The van der Waals surface area contributed by atoms with Crippen molar-refractivity contribution in [2.45, 2.75) is 13.3 Å². The molecule has 0 atom stereocenters. The fourth-order valence-electron chi connectivity index (χ4n) is 2.26. The highest BCUT2D eigenvalue weighted by Crippen LogP contribution is 2.28. The number of anilines is 2. The van der Waals surface area contributed by atoms with E-state index in [4.69, 9.17) is 0 Å². The number of hydrogen-bond acceptors (Lipinski definition) is 2. The molecule has 0 saturated heterocycles. The molecule has 3 rings (SSSR count). The lowest BCUT2D eigenvalue weighted by molar-refractivity contribution is 0.631. The first-order chi connectivity index (χ1) is 10.2. The maximum absolute atomic E-state index is 14.0. The number of pyridine rings is 1. The van der Waals surface area contributed by atoms with E-state index in [0.29, 0.717) is 5.69 Å². The molecule has 1 heterocycles. The van der Waals surface area contributed by atoms with Crippen molar-refractivity contribution in [3.05, 3.63) is 64.5 Å². The quantitative estimate of drug-likeness (QED) is 0.683. The summed E-state index contributed by atoms with van der Waals surface area (Å²) in [4.78, 5) is 4.35. The van der Waals surface area contributed by atoms with Gasteiger partial charge in [-0.1, -0.05) is 28.9 Å². The summed E-state index contributed by atoms with van der Waals surface area (Å²) in [7, 11) is 0. The summed E-state index contributed by atoms with van der Waals surface area (Å²) < 4.78 is 14.7. The van der Waals surface area contributed by atoms with Gasteiger partial charge >= 0.3 is 0 Å². The minimum absolute atomic E-state index is 0.291. The Kier molecular flexibility index (Phi) is 3.88. The van der Waals surface area contributed by atoms with Crippen molar-refractivity contribution < 1.29 is 4.39 Å². The molecular weight excluding hydrogens is 331 g/mol. The molecule has 0 bridgehead atoms. The van der Waals surface area contributed by atoms with Gasteiger partial charge in [0.05, 0.1) is 11.2 Å². The SMILES string of the molecule is CCc1ccc2nccc(Nc3ccc(Br)cc3F)c2c1. The van der Waals surface area contributed by atoms with Gasteiger partial charge in [-0.05, 0) is 48.4 Å². The molecule has 0 amide bonds. The topological polar surface area (TPSA) is 24.9 Å². The van der Waals surface area contributed by atoms with E-state index in [9.17, 15) is 4.39 Å². The average Bonchev–Trinajstić information content (AvgIpc) is 2.50. The molecule has 0 aliphatic rings. The molecule has 0 saturated carbocycles. The molecule has 0 fully saturated rings. The molecular formula is C17H14BrFN2. The van der Waals surface area contributed by atoms with E-state index in [1.807, 2.05) is 18.2 Å². The molecule has 1 aromatic heterocycles. The van der Waals surface area contributed by atoms with Crippen LogP contribution in [0.5, 0.6) is 0 Å². The average molecular weight is 345 g/mol. The minimum Gasteiger partial charge on any atom is -0.353 e. The van der Waals surface area contributed by atoms with Gasteiger partial charge in [0.25, 0.3) is 0 Å². The van der Waals surface area contributed by atoms with Crippen LogP contribution in [-0.2, 0) is 6.42 Å². The summed E-state index contributed by atoms with van der Waals surface area (Å²) in [5.74, 6) is -0.291. The lowest BCUT2D eigenvalue weighted by Gasteiger charge is -2.11. The van der Waals surface area contributed by atoms with Gasteiger partial charge in [0.2, 0.25) is 0 Å². The summed E-state index contributed by atoms with van der Waals surface area (Å²) in [6, 6.07) is 13.0. The van der Waals surface area contributed by atoms with E-state index in [1.165, 1.54) is 11.6 Å². The molecule has 106 valence electrons. The van der Waals surface area contributed by atoms with Gasteiger partial charge in [0, 0.05) is 21.7 Å². The molecule has 0 radical (unpaired) electrons. The Bertz CT molecular complexity index is 802. The highest BCUT2D eigenvalue weighted by molar-refractivity contribution is 9.10. The van der Waals surface area contributed by atoms with E-state index in [-0.39, 0.29) is 5.82 Å². The summed E-state index contributed by atoms with van der Waals surface area (Å²) in [5, 5.41) is 4.16. The van der Waals surface area contributed by atoms with Gasteiger partial charge in [-0.2, -0.15) is 0 Å². The Hall–Kier alpha value is -1.94. The Labute approximate surface area is 131 Å². The van der Waals surface area contributed by atoms with Crippen LogP contribution in [0.15, 0.2) is 53.1 Å². The fourth-order valence-corrected chi connectivity index (χ4v) is 2.59. The van der Waals surface area contributed by atoms with Gasteiger partial charge in [-0.3, -0.25) is 4.98 Å². The third kappa shape index (κ3) is 2.90. The molecule has 3 aromatic rings. The van der Waals surface area contributed by atoms with Crippen LogP contribution >= 0.6 is 15.9 Å². The summed E-state index contributed by atoms with van der Waals surface area (Å²) >= 11 is 3.26. The monoisotopic (exact) mass is 344 g/mol. The van der Waals surface area contributed by atoms with E-state index in [1.54, 1.807) is 12.3 Å². The molecule has 1 N–H and O–H groups in total. The number of nitrogens with zero attached hydrogens (tertiary/aromatic N) is 1. The van der Waals surface area contributed by atoms with Gasteiger partial charge in [0.15, 0.2) is 0 Å². The zero-order valence-electron chi connectivity index (χ0n) is 11.5. The predicted molar refractivity (Wildman–Crippen MR) is 88.5 cm³/mol. The third-order valence-corrected chi connectivity index (χ3v) is 3.91. The summed E-state index contributed by atoms with van der Waals surface area (Å²) in [6.45, 7) is 2.11. The van der Waals surface area contributed by atoms with Crippen molar-refractivity contribution in [1.82, 2.24) is 4.98 Å². The number of aromatic nitrogens is 1. The van der Waals surface area contributed by atoms with Crippen molar-refractivity contribution in [2.24, 2.45) is 0 Å². The molecule has 2 nitrogen and oxygen atoms in total. The molecule has 0 aliphatic heterocycles. The first-order valence-corrected chi connectivity index (χ1v) is 7.56. The van der Waals surface area contributed by atoms with Crippen LogP contribution < -0.4 is 5.32 Å². The number of fused-ring (bicyclic) bond motifs is 1. The van der Waals surface area contributed by atoms with Crippen LogP contribution in [0, 0.1) is 5.82 Å². The van der Waals surface area contributed by atoms with Crippen molar-refractivity contribution >= 4 is 38.2 Å². The Morgan fingerprint density at radius 2 is 1.95 bits per heavy atom. The standard InChI is InChI=1S/C17H14BrFN2/c1-2-11-3-5-15-13(9-11)16(7-8-20-15)21-17-6-4-12(18)10-14(17)19/h3-10H,2H2,1H3,(H,20,21). The zero-order chi connectivity index (χ0) is 14.8. The predicted octanol–water partition coefficient (Wildman–Crippen LogP) is 5.44. The van der Waals surface area contributed by atoms with Crippen molar-refractivity contribution in [3.63, 3.8) is 0 Å². The van der Waals surface area contributed by atoms with Crippen LogP contribution in [0.2, 0.25) is 0 Å². The number of rotatable bonds is 3. The van der Waals surface area contributed by atoms with Crippen LogP contribution in [0.3, 0.4) is 0 Å².